The number of nitrogens with one attached hydrogen (secondary N) is 1. The van der Waals surface area contributed by atoms with Gasteiger partial charge in [0.15, 0.2) is 0 Å². The molecule has 0 bridgehead atoms. The number of aliphatic hydroxyl groups excluding tert-OH is 1. The molecule has 0 radical (unpaired) electrons. The molecule has 0 aromatic carbocycles. The lowest BCUT2D eigenvalue weighted by Gasteiger charge is -2.18. The first-order chi connectivity index (χ1) is 6.63. The Morgan fingerprint density at radius 2 is 2.29 bits per heavy atom. The second-order valence-electron chi connectivity index (χ2n) is 4.22. The van der Waals surface area contributed by atoms with Crippen molar-refractivity contribution in [2.45, 2.75) is 38.6 Å². The van der Waals surface area contributed by atoms with Gasteiger partial charge in [0.05, 0.1) is 6.04 Å². The van der Waals surface area contributed by atoms with Crippen LogP contribution >= 0.6 is 0 Å². The number of hydrogen-bond donors (Lipinski definition) is 3. The highest BCUT2D eigenvalue weighted by atomic mass is 16.3. The van der Waals surface area contributed by atoms with E-state index in [1.54, 1.807) is 0 Å². The summed E-state index contributed by atoms with van der Waals surface area (Å²) in [5.74, 6) is -0.285. The molecule has 4 nitrogen and oxygen atoms in total. The van der Waals surface area contributed by atoms with Gasteiger partial charge in [0.25, 0.3) is 0 Å². The summed E-state index contributed by atoms with van der Waals surface area (Å²) in [6.45, 7) is 2.97. The van der Waals surface area contributed by atoms with Crippen LogP contribution in [0.1, 0.15) is 32.6 Å². The normalized spacial score (nSPS) is 20.4. The Hall–Kier alpha value is -0.610. The molecule has 0 aromatic rings. The molecule has 0 saturated heterocycles. The van der Waals surface area contributed by atoms with E-state index in [2.05, 4.69) is 5.32 Å². The average Bonchev–Trinajstić information content (AvgIpc) is 2.86. The Bertz CT molecular complexity index is 202. The highest BCUT2D eigenvalue weighted by Gasteiger charge is 2.41. The standard InChI is InChI=1S/C10H20N2O2/c1-2-8(9(11)14)12-7-10(3-4-10)5-6-13/h8,12-13H,2-7H2,1H3,(H2,11,14). The maximum atomic E-state index is 10.9. The number of primary amides is 1. The van der Waals surface area contributed by atoms with Gasteiger partial charge in [-0.05, 0) is 31.1 Å². The number of carbonyl (C=O) groups is 1. The van der Waals surface area contributed by atoms with E-state index in [0.717, 1.165) is 32.2 Å². The molecule has 4 heteroatoms. The van der Waals surface area contributed by atoms with Gasteiger partial charge in [-0.15, -0.1) is 0 Å². The first-order valence-electron chi connectivity index (χ1n) is 5.27. The molecule has 1 unspecified atom stereocenters. The Morgan fingerprint density at radius 1 is 1.64 bits per heavy atom. The summed E-state index contributed by atoms with van der Waals surface area (Å²) < 4.78 is 0. The smallest absolute Gasteiger partial charge is 0.234 e. The van der Waals surface area contributed by atoms with Crippen molar-refractivity contribution in [2.75, 3.05) is 13.2 Å². The first-order valence-corrected chi connectivity index (χ1v) is 5.27. The SMILES string of the molecule is CCC(NCC1(CCO)CC1)C(N)=O. The van der Waals surface area contributed by atoms with E-state index < -0.39 is 0 Å². The predicted molar refractivity (Wildman–Crippen MR) is 54.6 cm³/mol. The van der Waals surface area contributed by atoms with Gasteiger partial charge in [0.1, 0.15) is 0 Å². The van der Waals surface area contributed by atoms with Crippen molar-refractivity contribution in [3.63, 3.8) is 0 Å². The van der Waals surface area contributed by atoms with Crippen molar-refractivity contribution in [3.8, 4) is 0 Å². The number of amides is 1. The largest absolute Gasteiger partial charge is 0.396 e. The van der Waals surface area contributed by atoms with E-state index in [9.17, 15) is 4.79 Å². The van der Waals surface area contributed by atoms with Crippen LogP contribution in [0.3, 0.4) is 0 Å². The van der Waals surface area contributed by atoms with Crippen LogP contribution in [-0.2, 0) is 4.79 Å². The Morgan fingerprint density at radius 3 is 2.64 bits per heavy atom. The van der Waals surface area contributed by atoms with Crippen molar-refractivity contribution in [1.82, 2.24) is 5.32 Å². The van der Waals surface area contributed by atoms with Gasteiger partial charge >= 0.3 is 0 Å². The Balaban J connectivity index is 2.28. The van der Waals surface area contributed by atoms with E-state index in [0.29, 0.717) is 0 Å². The number of nitrogens with two attached hydrogens (primary N) is 1. The fourth-order valence-electron chi connectivity index (χ4n) is 1.71. The summed E-state index contributed by atoms with van der Waals surface area (Å²) in [5, 5.41) is 12.0. The third-order valence-corrected chi connectivity index (χ3v) is 3.07. The van der Waals surface area contributed by atoms with Crippen molar-refractivity contribution < 1.29 is 9.90 Å². The zero-order valence-electron chi connectivity index (χ0n) is 8.75. The van der Waals surface area contributed by atoms with Crippen LogP contribution in [0.15, 0.2) is 0 Å². The summed E-state index contributed by atoms with van der Waals surface area (Å²) in [6, 6.07) is -0.217. The van der Waals surface area contributed by atoms with E-state index in [1.165, 1.54) is 0 Å². The maximum Gasteiger partial charge on any atom is 0.234 e. The van der Waals surface area contributed by atoms with E-state index in [1.807, 2.05) is 6.92 Å². The molecule has 82 valence electrons. The lowest BCUT2D eigenvalue weighted by atomic mass is 10.0. The van der Waals surface area contributed by atoms with E-state index >= 15 is 0 Å². The van der Waals surface area contributed by atoms with E-state index in [-0.39, 0.29) is 24.0 Å². The number of hydrogen-bond acceptors (Lipinski definition) is 3. The van der Waals surface area contributed by atoms with Gasteiger partial charge in [-0.3, -0.25) is 4.79 Å². The molecule has 1 atom stereocenters. The van der Waals surface area contributed by atoms with Gasteiger partial charge < -0.3 is 16.2 Å². The van der Waals surface area contributed by atoms with Crippen LogP contribution in [0.25, 0.3) is 0 Å². The average molecular weight is 200 g/mol. The molecular formula is C10H20N2O2. The minimum Gasteiger partial charge on any atom is -0.396 e. The van der Waals surface area contributed by atoms with Crippen LogP contribution < -0.4 is 11.1 Å². The van der Waals surface area contributed by atoms with Crippen LogP contribution in [-0.4, -0.2) is 30.2 Å². The molecule has 1 aliphatic rings. The molecule has 0 aromatic heterocycles. The minimum atomic E-state index is -0.285. The van der Waals surface area contributed by atoms with Crippen molar-refractivity contribution in [2.24, 2.45) is 11.1 Å². The van der Waals surface area contributed by atoms with Crippen LogP contribution in [0, 0.1) is 5.41 Å². The molecule has 1 fully saturated rings. The van der Waals surface area contributed by atoms with E-state index in [4.69, 9.17) is 10.8 Å². The van der Waals surface area contributed by atoms with Crippen LogP contribution in [0.5, 0.6) is 0 Å². The zero-order valence-corrected chi connectivity index (χ0v) is 8.75. The molecule has 0 heterocycles. The predicted octanol–water partition coefficient (Wildman–Crippen LogP) is 0.00250. The first kappa shape index (κ1) is 11.5. The topological polar surface area (TPSA) is 75.3 Å². The van der Waals surface area contributed by atoms with Crippen LogP contribution in [0.4, 0.5) is 0 Å². The quantitative estimate of drug-likeness (QED) is 0.541. The summed E-state index contributed by atoms with van der Waals surface area (Å²) >= 11 is 0. The van der Waals surface area contributed by atoms with Crippen LogP contribution in [0.2, 0.25) is 0 Å². The molecule has 0 aliphatic heterocycles. The second kappa shape index (κ2) is 4.75. The highest BCUT2D eigenvalue weighted by molar-refractivity contribution is 5.79. The van der Waals surface area contributed by atoms with Crippen molar-refractivity contribution in [3.05, 3.63) is 0 Å². The second-order valence-corrected chi connectivity index (χ2v) is 4.22. The number of aliphatic hydroxyl groups is 1. The number of rotatable bonds is 7. The minimum absolute atomic E-state index is 0.217. The molecule has 4 N–H and O–H groups in total. The molecule has 1 aliphatic carbocycles. The van der Waals surface area contributed by atoms with Crippen molar-refractivity contribution >= 4 is 5.91 Å². The monoisotopic (exact) mass is 200 g/mol. The van der Waals surface area contributed by atoms with Crippen molar-refractivity contribution in [1.29, 1.82) is 0 Å². The summed E-state index contributed by atoms with van der Waals surface area (Å²) in [7, 11) is 0. The fraction of sp³-hybridized carbons (Fsp3) is 0.900. The fourth-order valence-corrected chi connectivity index (χ4v) is 1.71. The molecule has 14 heavy (non-hydrogen) atoms. The third kappa shape index (κ3) is 2.96. The van der Waals surface area contributed by atoms with Gasteiger partial charge in [0.2, 0.25) is 5.91 Å². The molecule has 0 spiro atoms. The molecular weight excluding hydrogens is 180 g/mol. The lowest BCUT2D eigenvalue weighted by molar-refractivity contribution is -0.120. The molecule has 1 saturated carbocycles. The Labute approximate surface area is 84.9 Å². The summed E-state index contributed by atoms with van der Waals surface area (Å²) in [6.07, 6.45) is 3.85. The van der Waals surface area contributed by atoms with Gasteiger partial charge in [-0.2, -0.15) is 0 Å². The zero-order chi connectivity index (χ0) is 10.6. The molecule has 1 amide bonds. The van der Waals surface area contributed by atoms with Gasteiger partial charge in [0, 0.05) is 13.2 Å². The lowest BCUT2D eigenvalue weighted by Crippen LogP contribution is -2.43. The highest BCUT2D eigenvalue weighted by Crippen LogP contribution is 2.47. The maximum absolute atomic E-state index is 10.9. The summed E-state index contributed by atoms with van der Waals surface area (Å²) in [5.41, 5.74) is 5.47. The molecule has 1 rings (SSSR count). The third-order valence-electron chi connectivity index (χ3n) is 3.07. The number of carbonyl (C=O) groups excluding carboxylic acids is 1. The summed E-state index contributed by atoms with van der Waals surface area (Å²) in [4.78, 5) is 10.9. The van der Waals surface area contributed by atoms with Gasteiger partial charge in [-0.1, -0.05) is 6.92 Å². The Kier molecular flexibility index (Phi) is 3.89. The van der Waals surface area contributed by atoms with Gasteiger partial charge in [-0.25, -0.2) is 0 Å².